The summed E-state index contributed by atoms with van der Waals surface area (Å²) >= 11 is 6.45. The van der Waals surface area contributed by atoms with E-state index in [0.717, 1.165) is 38.4 Å². The Bertz CT molecular complexity index is 1420. The third-order valence-corrected chi connectivity index (χ3v) is 9.07. The highest BCUT2D eigenvalue weighted by Gasteiger charge is 2.38. The summed E-state index contributed by atoms with van der Waals surface area (Å²) in [6, 6.07) is 8.23. The molecule has 3 aromatic rings. The second-order valence-electron chi connectivity index (χ2n) is 10.1. The molecule has 8 nitrogen and oxygen atoms in total. The molecule has 1 aliphatic carbocycles. The summed E-state index contributed by atoms with van der Waals surface area (Å²) < 4.78 is 74.3. The lowest BCUT2D eigenvalue weighted by molar-refractivity contribution is -0.137. The Morgan fingerprint density at radius 2 is 1.85 bits per heavy atom. The Hall–Kier alpha value is -2.96. The van der Waals surface area contributed by atoms with Crippen LogP contribution in [0.1, 0.15) is 55.6 Å². The third-order valence-electron chi connectivity index (χ3n) is 7.48. The minimum Gasteiger partial charge on any atom is -0.472 e. The van der Waals surface area contributed by atoms with E-state index in [2.05, 4.69) is 24.6 Å². The third kappa shape index (κ3) is 6.67. The molecule has 0 bridgehead atoms. The molecule has 1 aromatic carbocycles. The van der Waals surface area contributed by atoms with Crippen molar-refractivity contribution < 1.29 is 26.3 Å². The number of sulfonamides is 1. The van der Waals surface area contributed by atoms with Crippen molar-refractivity contribution in [3.63, 3.8) is 0 Å². The summed E-state index contributed by atoms with van der Waals surface area (Å²) in [5.74, 6) is 0.179. The highest BCUT2D eigenvalue weighted by atomic mass is 35.5. The van der Waals surface area contributed by atoms with Crippen LogP contribution in [0.25, 0.3) is 0 Å². The number of hydrogen-bond donors (Lipinski definition) is 1. The van der Waals surface area contributed by atoms with Crippen LogP contribution >= 0.6 is 11.6 Å². The lowest BCUT2D eigenvalue weighted by Gasteiger charge is -2.44. The molecular formula is C27H29ClF3N5O3S. The Balaban J connectivity index is 1.34. The molecule has 1 aliphatic heterocycles. The van der Waals surface area contributed by atoms with Gasteiger partial charge in [-0.05, 0) is 74.9 Å². The number of hydrogen-bond acceptors (Lipinski definition) is 7. The first-order valence-corrected chi connectivity index (χ1v) is 15.0. The van der Waals surface area contributed by atoms with Gasteiger partial charge in [0, 0.05) is 12.2 Å². The van der Waals surface area contributed by atoms with Crippen molar-refractivity contribution >= 4 is 27.4 Å². The molecule has 0 amide bonds. The average Bonchev–Trinajstić information content (AvgIpc) is 2.94. The van der Waals surface area contributed by atoms with Crippen LogP contribution in [0.4, 0.5) is 19.0 Å². The van der Waals surface area contributed by atoms with E-state index >= 15 is 0 Å². The smallest absolute Gasteiger partial charge is 0.416 e. The zero-order chi connectivity index (χ0) is 28.3. The fourth-order valence-electron chi connectivity index (χ4n) is 5.49. The van der Waals surface area contributed by atoms with E-state index in [9.17, 15) is 21.6 Å². The molecule has 1 saturated carbocycles. The van der Waals surface area contributed by atoms with Crippen LogP contribution in [0.5, 0.6) is 5.88 Å². The fraction of sp³-hybridized carbons (Fsp3) is 0.444. The van der Waals surface area contributed by atoms with Crippen molar-refractivity contribution in [3.8, 4) is 5.88 Å². The van der Waals surface area contributed by atoms with Gasteiger partial charge in [0.25, 0.3) is 10.0 Å². The van der Waals surface area contributed by atoms with Gasteiger partial charge >= 0.3 is 6.18 Å². The number of pyridine rings is 1. The maximum atomic E-state index is 13.4. The molecule has 3 heterocycles. The van der Waals surface area contributed by atoms with Gasteiger partial charge in [-0.15, -0.1) is 0 Å². The van der Waals surface area contributed by atoms with Crippen LogP contribution in [-0.4, -0.2) is 53.5 Å². The molecule has 0 spiro atoms. The predicted octanol–water partition coefficient (Wildman–Crippen LogP) is 5.91. The molecule has 1 saturated heterocycles. The number of likely N-dealkylation sites (tertiary alicyclic amines) is 1. The summed E-state index contributed by atoms with van der Waals surface area (Å²) in [6.45, 7) is 1.76. The molecule has 5 rings (SSSR count). The van der Waals surface area contributed by atoms with Crippen molar-refractivity contribution in [3.05, 3.63) is 71.3 Å². The first-order chi connectivity index (χ1) is 19.1. The van der Waals surface area contributed by atoms with Gasteiger partial charge in [0.2, 0.25) is 5.88 Å². The zero-order valence-corrected chi connectivity index (χ0v) is 23.1. The Kier molecular flexibility index (Phi) is 8.48. The maximum absolute atomic E-state index is 13.4. The molecule has 0 unspecified atom stereocenters. The van der Waals surface area contributed by atoms with Gasteiger partial charge in [-0.25, -0.2) is 23.4 Å². The van der Waals surface area contributed by atoms with E-state index in [1.165, 1.54) is 43.0 Å². The van der Waals surface area contributed by atoms with Gasteiger partial charge in [0.1, 0.15) is 28.2 Å². The minimum absolute atomic E-state index is 0.0436. The second kappa shape index (κ2) is 11.9. The standard InChI is InChI=1S/C27H29ClF3N5O3S/c28-22-15-21(40(37,38)35-25-9-10-32-17-34-25)16-33-26(22)39-24-8-7-19(14-23(24)36-11-2-1-3-12-36)18-5-4-6-20(13-18)27(29,30)31/h4-6,9-10,13,15-17,19,23-24H,1-3,7-8,11-12,14H2,(H,32,34,35)/t19-,23-,24-/m0/s1. The number of piperidine rings is 1. The lowest BCUT2D eigenvalue weighted by Crippen LogP contribution is -2.51. The van der Waals surface area contributed by atoms with Crippen LogP contribution in [0.3, 0.4) is 0 Å². The highest BCUT2D eigenvalue weighted by Crippen LogP contribution is 2.40. The van der Waals surface area contributed by atoms with Crippen molar-refractivity contribution in [1.29, 1.82) is 0 Å². The quantitative estimate of drug-likeness (QED) is 0.362. The van der Waals surface area contributed by atoms with Crippen LogP contribution < -0.4 is 9.46 Å². The number of benzene rings is 1. The molecular weight excluding hydrogens is 567 g/mol. The fourth-order valence-corrected chi connectivity index (χ4v) is 6.75. The maximum Gasteiger partial charge on any atom is 0.416 e. The highest BCUT2D eigenvalue weighted by molar-refractivity contribution is 7.92. The molecule has 214 valence electrons. The van der Waals surface area contributed by atoms with E-state index in [4.69, 9.17) is 16.3 Å². The molecule has 0 radical (unpaired) electrons. The van der Waals surface area contributed by atoms with Crippen molar-refractivity contribution in [1.82, 2.24) is 19.9 Å². The summed E-state index contributed by atoms with van der Waals surface area (Å²) in [4.78, 5) is 14.1. The van der Waals surface area contributed by atoms with Crippen molar-refractivity contribution in [2.75, 3.05) is 17.8 Å². The molecule has 2 aliphatic rings. The number of nitrogens with zero attached hydrogens (tertiary/aromatic N) is 4. The number of halogens is 4. The van der Waals surface area contributed by atoms with Crippen LogP contribution in [0.2, 0.25) is 5.02 Å². The van der Waals surface area contributed by atoms with Crippen LogP contribution in [0, 0.1) is 0 Å². The van der Waals surface area contributed by atoms with E-state index in [1.54, 1.807) is 6.07 Å². The number of ether oxygens (including phenoxy) is 1. The van der Waals surface area contributed by atoms with Crippen molar-refractivity contribution in [2.45, 2.75) is 67.7 Å². The Labute approximate surface area is 236 Å². The molecule has 1 N–H and O–H groups in total. The molecule has 13 heteroatoms. The van der Waals surface area contributed by atoms with E-state index in [1.807, 2.05) is 0 Å². The van der Waals surface area contributed by atoms with Gasteiger partial charge in [-0.2, -0.15) is 13.2 Å². The van der Waals surface area contributed by atoms with Crippen molar-refractivity contribution in [2.24, 2.45) is 0 Å². The van der Waals surface area contributed by atoms with Gasteiger partial charge < -0.3 is 4.74 Å². The number of anilines is 1. The molecule has 2 fully saturated rings. The van der Waals surface area contributed by atoms with E-state index < -0.39 is 21.8 Å². The van der Waals surface area contributed by atoms with Crippen LogP contribution in [-0.2, 0) is 16.2 Å². The summed E-state index contributed by atoms with van der Waals surface area (Å²) in [5, 5.41) is 0.0444. The monoisotopic (exact) mass is 595 g/mol. The molecule has 3 atom stereocenters. The Morgan fingerprint density at radius 1 is 1.05 bits per heavy atom. The Morgan fingerprint density at radius 3 is 2.55 bits per heavy atom. The molecule has 2 aromatic heterocycles. The minimum atomic E-state index is -4.39. The normalized spacial score (nSPS) is 22.6. The SMILES string of the molecule is O=S(=O)(Nc1ccncn1)c1cnc(O[C@H]2CC[C@H](c3cccc(C(F)(F)F)c3)C[C@@H]2N2CCCCC2)c(Cl)c1. The summed E-state index contributed by atoms with van der Waals surface area (Å²) in [5.41, 5.74) is 0.0373. The van der Waals surface area contributed by atoms with Gasteiger partial charge in [0.05, 0.1) is 11.8 Å². The van der Waals surface area contributed by atoms with Gasteiger partial charge in [-0.3, -0.25) is 9.62 Å². The van der Waals surface area contributed by atoms with E-state index in [-0.39, 0.29) is 39.7 Å². The van der Waals surface area contributed by atoms with Gasteiger partial charge in [-0.1, -0.05) is 36.2 Å². The van der Waals surface area contributed by atoms with E-state index in [0.29, 0.717) is 24.8 Å². The first-order valence-electron chi connectivity index (χ1n) is 13.1. The molecule has 40 heavy (non-hydrogen) atoms. The zero-order valence-electron chi connectivity index (χ0n) is 21.5. The first kappa shape index (κ1) is 28.6. The number of nitrogens with one attached hydrogen (secondary N) is 1. The lowest BCUT2D eigenvalue weighted by atomic mass is 9.78. The predicted molar refractivity (Wildman–Crippen MR) is 144 cm³/mol. The second-order valence-corrected chi connectivity index (χ2v) is 12.2. The number of aromatic nitrogens is 3. The summed E-state index contributed by atoms with van der Waals surface area (Å²) in [7, 11) is -4.00. The number of rotatable bonds is 7. The van der Waals surface area contributed by atoms with Gasteiger partial charge in [0.15, 0.2) is 0 Å². The van der Waals surface area contributed by atoms with Crippen LogP contribution in [0.15, 0.2) is 60.0 Å². The topological polar surface area (TPSA) is 97.3 Å². The summed E-state index contributed by atoms with van der Waals surface area (Å²) in [6.07, 6.45) is 4.21. The number of alkyl halides is 3. The average molecular weight is 596 g/mol. The largest absolute Gasteiger partial charge is 0.472 e.